The van der Waals surface area contributed by atoms with Crippen molar-refractivity contribution in [2.24, 2.45) is 11.8 Å². The topological polar surface area (TPSA) is 74.6 Å². The summed E-state index contributed by atoms with van der Waals surface area (Å²) in [5.74, 6) is -2.64. The molecule has 31 heavy (non-hydrogen) atoms. The molecule has 2 atom stereocenters. The Labute approximate surface area is 189 Å². The smallest absolute Gasteiger partial charge is 0.310 e. The molecule has 0 saturated carbocycles. The average Bonchev–Trinajstić information content (AvgIpc) is 2.69. The second kappa shape index (κ2) is 14.3. The molecule has 0 bridgehead atoms. The van der Waals surface area contributed by atoms with Crippen LogP contribution in [0.15, 0.2) is 18.2 Å². The number of hydrogen-bond acceptors (Lipinski definition) is 2. The zero-order chi connectivity index (χ0) is 23.4. The van der Waals surface area contributed by atoms with E-state index in [4.69, 9.17) is 0 Å². The molecule has 1 rings (SSSR count). The highest BCUT2D eigenvalue weighted by molar-refractivity contribution is 5.80. The SMILES string of the molecule is CCCCCCCCCc1ccc(C(CC(C)C)C(=O)O)c(C(CC(C)C)C(=O)O)c1. The van der Waals surface area contributed by atoms with Gasteiger partial charge in [0, 0.05) is 0 Å². The van der Waals surface area contributed by atoms with Gasteiger partial charge in [0.25, 0.3) is 0 Å². The van der Waals surface area contributed by atoms with Gasteiger partial charge >= 0.3 is 11.9 Å². The van der Waals surface area contributed by atoms with Gasteiger partial charge in [0.2, 0.25) is 0 Å². The van der Waals surface area contributed by atoms with Crippen LogP contribution in [0, 0.1) is 11.8 Å². The summed E-state index contributed by atoms with van der Waals surface area (Å²) in [5.41, 5.74) is 2.50. The molecular weight excluding hydrogens is 388 g/mol. The lowest BCUT2D eigenvalue weighted by atomic mass is 9.80. The number of rotatable bonds is 16. The predicted octanol–water partition coefficient (Wildman–Crippen LogP) is 7.41. The molecule has 0 aliphatic rings. The van der Waals surface area contributed by atoms with Crippen molar-refractivity contribution >= 4 is 11.9 Å². The lowest BCUT2D eigenvalue weighted by Gasteiger charge is -2.24. The lowest BCUT2D eigenvalue weighted by molar-refractivity contribution is -0.140. The summed E-state index contributed by atoms with van der Waals surface area (Å²) in [7, 11) is 0. The van der Waals surface area contributed by atoms with Crippen molar-refractivity contribution in [1.82, 2.24) is 0 Å². The van der Waals surface area contributed by atoms with Gasteiger partial charge in [-0.3, -0.25) is 9.59 Å². The molecule has 0 fully saturated rings. The van der Waals surface area contributed by atoms with E-state index in [0.29, 0.717) is 24.0 Å². The van der Waals surface area contributed by atoms with Gasteiger partial charge in [-0.1, -0.05) is 91.3 Å². The van der Waals surface area contributed by atoms with Crippen molar-refractivity contribution < 1.29 is 19.8 Å². The molecule has 176 valence electrons. The normalized spacial score (nSPS) is 13.5. The molecule has 0 aliphatic carbocycles. The fraction of sp³-hybridized carbons (Fsp3) is 0.704. The van der Waals surface area contributed by atoms with Crippen LogP contribution >= 0.6 is 0 Å². The van der Waals surface area contributed by atoms with Gasteiger partial charge in [-0.2, -0.15) is 0 Å². The minimum Gasteiger partial charge on any atom is -0.481 e. The van der Waals surface area contributed by atoms with E-state index in [1.165, 1.54) is 38.5 Å². The number of carbonyl (C=O) groups is 2. The third-order valence-corrected chi connectivity index (χ3v) is 5.98. The van der Waals surface area contributed by atoms with E-state index in [9.17, 15) is 19.8 Å². The van der Waals surface area contributed by atoms with Gasteiger partial charge in [0.15, 0.2) is 0 Å². The van der Waals surface area contributed by atoms with E-state index in [1.54, 1.807) is 0 Å². The van der Waals surface area contributed by atoms with Gasteiger partial charge in [-0.15, -0.1) is 0 Å². The summed E-state index contributed by atoms with van der Waals surface area (Å²) in [6.45, 7) is 10.3. The first-order chi connectivity index (χ1) is 14.7. The first-order valence-corrected chi connectivity index (χ1v) is 12.3. The van der Waals surface area contributed by atoms with Crippen LogP contribution in [0.25, 0.3) is 0 Å². The highest BCUT2D eigenvalue weighted by atomic mass is 16.4. The Bertz CT molecular complexity index is 678. The highest BCUT2D eigenvalue weighted by Gasteiger charge is 2.30. The van der Waals surface area contributed by atoms with Crippen molar-refractivity contribution in [3.05, 3.63) is 34.9 Å². The third-order valence-electron chi connectivity index (χ3n) is 5.98. The van der Waals surface area contributed by atoms with Gasteiger partial charge in [0.05, 0.1) is 11.8 Å². The van der Waals surface area contributed by atoms with E-state index >= 15 is 0 Å². The second-order valence-electron chi connectivity index (χ2n) is 9.88. The molecule has 2 unspecified atom stereocenters. The van der Waals surface area contributed by atoms with Gasteiger partial charge in [-0.25, -0.2) is 0 Å². The Hall–Kier alpha value is -1.84. The molecule has 4 heteroatoms. The summed E-state index contributed by atoms with van der Waals surface area (Å²) in [6.07, 6.45) is 10.6. The Balaban J connectivity index is 3.11. The molecule has 4 nitrogen and oxygen atoms in total. The Morgan fingerprint density at radius 1 is 0.742 bits per heavy atom. The lowest BCUT2D eigenvalue weighted by Crippen LogP contribution is -2.21. The first-order valence-electron chi connectivity index (χ1n) is 12.3. The van der Waals surface area contributed by atoms with E-state index in [2.05, 4.69) is 6.92 Å². The van der Waals surface area contributed by atoms with Crippen LogP contribution in [0.3, 0.4) is 0 Å². The van der Waals surface area contributed by atoms with E-state index in [-0.39, 0.29) is 11.8 Å². The minimum atomic E-state index is -0.872. The number of carboxylic acids is 2. The number of aryl methyl sites for hydroxylation is 1. The van der Waals surface area contributed by atoms with Crippen molar-refractivity contribution in [1.29, 1.82) is 0 Å². The number of aliphatic carboxylic acids is 2. The van der Waals surface area contributed by atoms with Crippen LogP contribution in [-0.2, 0) is 16.0 Å². The summed E-state index contributed by atoms with van der Waals surface area (Å²) < 4.78 is 0. The van der Waals surface area contributed by atoms with Crippen LogP contribution in [-0.4, -0.2) is 22.2 Å². The zero-order valence-corrected chi connectivity index (χ0v) is 20.3. The minimum absolute atomic E-state index is 0.217. The van der Waals surface area contributed by atoms with E-state index in [0.717, 1.165) is 18.4 Å². The number of carboxylic acid groups (broad SMARTS) is 2. The van der Waals surface area contributed by atoms with Crippen LogP contribution in [0.2, 0.25) is 0 Å². The van der Waals surface area contributed by atoms with Crippen LogP contribution in [0.5, 0.6) is 0 Å². The maximum absolute atomic E-state index is 12.2. The zero-order valence-electron chi connectivity index (χ0n) is 20.3. The van der Waals surface area contributed by atoms with Gasteiger partial charge in [-0.05, 0) is 54.2 Å². The van der Waals surface area contributed by atoms with E-state index < -0.39 is 23.8 Å². The van der Waals surface area contributed by atoms with Crippen molar-refractivity contribution in [2.75, 3.05) is 0 Å². The molecule has 0 amide bonds. The molecule has 0 heterocycles. The fourth-order valence-corrected chi connectivity index (χ4v) is 4.35. The summed E-state index contributed by atoms with van der Waals surface area (Å²) in [4.78, 5) is 24.2. The Kier molecular flexibility index (Phi) is 12.5. The van der Waals surface area contributed by atoms with Gasteiger partial charge < -0.3 is 10.2 Å². The maximum atomic E-state index is 12.2. The average molecular weight is 433 g/mol. The monoisotopic (exact) mass is 432 g/mol. The summed E-state index contributed by atoms with van der Waals surface area (Å²) in [6, 6.07) is 5.90. The van der Waals surface area contributed by atoms with Crippen molar-refractivity contribution in [3.63, 3.8) is 0 Å². The van der Waals surface area contributed by atoms with Crippen molar-refractivity contribution in [2.45, 2.75) is 111 Å². The molecule has 2 N–H and O–H groups in total. The number of unbranched alkanes of at least 4 members (excludes halogenated alkanes) is 6. The molecule has 0 spiro atoms. The Morgan fingerprint density at radius 2 is 1.23 bits per heavy atom. The fourth-order valence-electron chi connectivity index (χ4n) is 4.35. The van der Waals surface area contributed by atoms with Crippen LogP contribution in [0.4, 0.5) is 0 Å². The van der Waals surface area contributed by atoms with Gasteiger partial charge in [0.1, 0.15) is 0 Å². The molecule has 1 aromatic carbocycles. The predicted molar refractivity (Wildman–Crippen MR) is 128 cm³/mol. The largest absolute Gasteiger partial charge is 0.481 e. The molecule has 0 aromatic heterocycles. The number of hydrogen-bond donors (Lipinski definition) is 2. The second-order valence-corrected chi connectivity index (χ2v) is 9.88. The molecule has 0 saturated heterocycles. The maximum Gasteiger partial charge on any atom is 0.310 e. The summed E-state index contributed by atoms with van der Waals surface area (Å²) in [5, 5.41) is 19.8. The Morgan fingerprint density at radius 3 is 1.71 bits per heavy atom. The van der Waals surface area contributed by atoms with Crippen LogP contribution in [0.1, 0.15) is 121 Å². The molecule has 0 radical (unpaired) electrons. The molecular formula is C27H44O4. The first kappa shape index (κ1) is 27.2. The van der Waals surface area contributed by atoms with Crippen LogP contribution < -0.4 is 0 Å². The molecule has 0 aliphatic heterocycles. The number of benzene rings is 1. The van der Waals surface area contributed by atoms with E-state index in [1.807, 2.05) is 45.9 Å². The van der Waals surface area contributed by atoms with Crippen molar-refractivity contribution in [3.8, 4) is 0 Å². The quantitative estimate of drug-likeness (QED) is 0.267. The summed E-state index contributed by atoms with van der Waals surface area (Å²) >= 11 is 0. The standard InChI is InChI=1S/C27H44O4/c1-6-7-8-9-10-11-12-13-21-14-15-22(24(26(28)29)16-19(2)3)23(18-21)25(27(30)31)17-20(4)5/h14-15,18-20,24-25H,6-13,16-17H2,1-5H3,(H,28,29)(H,30,31). The molecule has 1 aromatic rings. The highest BCUT2D eigenvalue weighted by Crippen LogP contribution is 2.35. The third kappa shape index (κ3) is 9.88.